The second-order valence-corrected chi connectivity index (χ2v) is 3.95. The lowest BCUT2D eigenvalue weighted by atomic mass is 10.00. The third-order valence-corrected chi connectivity index (χ3v) is 2.81. The Morgan fingerprint density at radius 3 is 3.20 bits per heavy atom. The lowest BCUT2D eigenvalue weighted by Gasteiger charge is -2.20. The van der Waals surface area contributed by atoms with Crippen molar-refractivity contribution in [3.63, 3.8) is 0 Å². The highest BCUT2D eigenvalue weighted by Crippen LogP contribution is 2.29. The molecule has 2 nitrogen and oxygen atoms in total. The Hall–Kier alpha value is -1.02. The highest BCUT2D eigenvalue weighted by molar-refractivity contribution is 5.42. The fourth-order valence-corrected chi connectivity index (χ4v) is 2.06. The van der Waals surface area contributed by atoms with Gasteiger partial charge in [0.25, 0.3) is 0 Å². The third kappa shape index (κ3) is 2.51. The van der Waals surface area contributed by atoms with Crippen molar-refractivity contribution in [3.05, 3.63) is 29.3 Å². The van der Waals surface area contributed by atoms with Gasteiger partial charge in [0.05, 0.1) is 6.61 Å². The quantitative estimate of drug-likeness (QED) is 0.705. The van der Waals surface area contributed by atoms with E-state index in [1.807, 2.05) is 0 Å². The minimum atomic E-state index is 0.823. The van der Waals surface area contributed by atoms with Gasteiger partial charge >= 0.3 is 0 Å². The van der Waals surface area contributed by atoms with Gasteiger partial charge in [0.2, 0.25) is 0 Å². The molecule has 0 radical (unpaired) electrons. The van der Waals surface area contributed by atoms with E-state index >= 15 is 0 Å². The number of ether oxygens (including phenoxy) is 2. The standard InChI is InChI=1S/C13H18O2/c1-14-9-3-7-11-5-2-6-12-8-4-10-15-13(11)12/h2,5-6H,3-4,7-10H2,1H3. The van der Waals surface area contributed by atoms with Crippen LogP contribution in [0.4, 0.5) is 0 Å². The van der Waals surface area contributed by atoms with Crippen molar-refractivity contribution in [2.24, 2.45) is 0 Å². The number of para-hydroxylation sites is 1. The zero-order chi connectivity index (χ0) is 10.5. The monoisotopic (exact) mass is 206 g/mol. The molecule has 1 aliphatic heterocycles. The molecule has 0 saturated heterocycles. The number of fused-ring (bicyclic) bond motifs is 1. The number of rotatable bonds is 4. The summed E-state index contributed by atoms with van der Waals surface area (Å²) in [5.41, 5.74) is 2.71. The Kier molecular flexibility index (Phi) is 3.62. The van der Waals surface area contributed by atoms with Crippen LogP contribution >= 0.6 is 0 Å². The Morgan fingerprint density at radius 2 is 2.33 bits per heavy atom. The minimum Gasteiger partial charge on any atom is -0.493 e. The zero-order valence-electron chi connectivity index (χ0n) is 9.29. The number of benzene rings is 1. The van der Waals surface area contributed by atoms with Crippen LogP contribution in [0.1, 0.15) is 24.0 Å². The van der Waals surface area contributed by atoms with Crippen molar-refractivity contribution < 1.29 is 9.47 Å². The normalized spacial score (nSPS) is 14.5. The van der Waals surface area contributed by atoms with Crippen molar-refractivity contribution in [1.82, 2.24) is 0 Å². The summed E-state index contributed by atoms with van der Waals surface area (Å²) in [5.74, 6) is 1.14. The SMILES string of the molecule is COCCCc1cccc2c1OCCC2. The molecule has 2 heteroatoms. The summed E-state index contributed by atoms with van der Waals surface area (Å²) < 4.78 is 10.8. The third-order valence-electron chi connectivity index (χ3n) is 2.81. The maximum atomic E-state index is 5.74. The smallest absolute Gasteiger partial charge is 0.125 e. The van der Waals surface area contributed by atoms with Gasteiger partial charge in [-0.2, -0.15) is 0 Å². The largest absolute Gasteiger partial charge is 0.493 e. The van der Waals surface area contributed by atoms with Crippen molar-refractivity contribution in [2.45, 2.75) is 25.7 Å². The second kappa shape index (κ2) is 5.17. The summed E-state index contributed by atoms with van der Waals surface area (Å²) in [5, 5.41) is 0. The first kappa shape index (κ1) is 10.5. The van der Waals surface area contributed by atoms with Gasteiger partial charge in [-0.15, -0.1) is 0 Å². The first-order chi connectivity index (χ1) is 7.42. The van der Waals surface area contributed by atoms with Crippen molar-refractivity contribution in [3.8, 4) is 5.75 Å². The van der Waals surface area contributed by atoms with Gasteiger partial charge in [-0.05, 0) is 36.8 Å². The summed E-state index contributed by atoms with van der Waals surface area (Å²) in [6.45, 7) is 1.69. The second-order valence-electron chi connectivity index (χ2n) is 3.95. The molecule has 0 amide bonds. The van der Waals surface area contributed by atoms with E-state index < -0.39 is 0 Å². The molecule has 2 rings (SSSR count). The van der Waals surface area contributed by atoms with Crippen LogP contribution in [0.15, 0.2) is 18.2 Å². The lowest BCUT2D eigenvalue weighted by molar-refractivity contribution is 0.194. The molecule has 0 saturated carbocycles. The van der Waals surface area contributed by atoms with Crippen LogP contribution < -0.4 is 4.74 Å². The Morgan fingerprint density at radius 1 is 1.40 bits per heavy atom. The summed E-state index contributed by atoms with van der Waals surface area (Å²) >= 11 is 0. The van der Waals surface area contributed by atoms with Crippen LogP contribution in [0.25, 0.3) is 0 Å². The first-order valence-corrected chi connectivity index (χ1v) is 5.64. The van der Waals surface area contributed by atoms with Crippen LogP contribution in [0, 0.1) is 0 Å². The fourth-order valence-electron chi connectivity index (χ4n) is 2.06. The highest BCUT2D eigenvalue weighted by atomic mass is 16.5. The summed E-state index contributed by atoms with van der Waals surface area (Å²) in [4.78, 5) is 0. The predicted octanol–water partition coefficient (Wildman–Crippen LogP) is 2.59. The van der Waals surface area contributed by atoms with Crippen molar-refractivity contribution in [1.29, 1.82) is 0 Å². The minimum absolute atomic E-state index is 0.823. The van der Waals surface area contributed by atoms with E-state index in [1.54, 1.807) is 7.11 Å². The molecule has 0 atom stereocenters. The molecule has 1 aromatic rings. The number of methoxy groups -OCH3 is 1. The van der Waals surface area contributed by atoms with E-state index in [4.69, 9.17) is 9.47 Å². The average Bonchev–Trinajstić information content (AvgIpc) is 2.30. The van der Waals surface area contributed by atoms with Gasteiger partial charge in [0, 0.05) is 13.7 Å². The summed E-state index contributed by atoms with van der Waals surface area (Å²) in [7, 11) is 1.75. The molecule has 0 N–H and O–H groups in total. The summed E-state index contributed by atoms with van der Waals surface area (Å²) in [6.07, 6.45) is 4.43. The highest BCUT2D eigenvalue weighted by Gasteiger charge is 2.13. The molecule has 1 aromatic carbocycles. The molecule has 1 aliphatic rings. The van der Waals surface area contributed by atoms with Gasteiger partial charge in [-0.1, -0.05) is 18.2 Å². The molecule has 0 fully saturated rings. The molecule has 0 aliphatic carbocycles. The zero-order valence-corrected chi connectivity index (χ0v) is 9.29. The Balaban J connectivity index is 2.09. The van der Waals surface area contributed by atoms with E-state index in [-0.39, 0.29) is 0 Å². The molecule has 0 unspecified atom stereocenters. The topological polar surface area (TPSA) is 18.5 Å². The average molecular weight is 206 g/mol. The van der Waals surface area contributed by atoms with Crippen molar-refractivity contribution in [2.75, 3.05) is 20.3 Å². The van der Waals surface area contributed by atoms with E-state index in [1.165, 1.54) is 11.1 Å². The van der Waals surface area contributed by atoms with Crippen LogP contribution in [0.3, 0.4) is 0 Å². The molecule has 0 aromatic heterocycles. The first-order valence-electron chi connectivity index (χ1n) is 5.64. The Labute approximate surface area is 91.2 Å². The molecule has 15 heavy (non-hydrogen) atoms. The van der Waals surface area contributed by atoms with Crippen LogP contribution in [-0.4, -0.2) is 20.3 Å². The van der Waals surface area contributed by atoms with E-state index in [9.17, 15) is 0 Å². The maximum Gasteiger partial charge on any atom is 0.125 e. The Bertz CT molecular complexity index is 320. The number of hydrogen-bond donors (Lipinski definition) is 0. The summed E-state index contributed by atoms with van der Waals surface area (Å²) in [6, 6.07) is 6.48. The van der Waals surface area contributed by atoms with Gasteiger partial charge in [-0.25, -0.2) is 0 Å². The molecular weight excluding hydrogens is 188 g/mol. The van der Waals surface area contributed by atoms with Crippen molar-refractivity contribution >= 4 is 0 Å². The predicted molar refractivity (Wildman–Crippen MR) is 60.5 cm³/mol. The van der Waals surface area contributed by atoms with E-state index in [0.717, 1.165) is 44.6 Å². The van der Waals surface area contributed by atoms with Gasteiger partial charge in [0.1, 0.15) is 5.75 Å². The number of hydrogen-bond acceptors (Lipinski definition) is 2. The van der Waals surface area contributed by atoms with Gasteiger partial charge in [0.15, 0.2) is 0 Å². The molecule has 0 bridgehead atoms. The maximum absolute atomic E-state index is 5.74. The van der Waals surface area contributed by atoms with E-state index in [0.29, 0.717) is 0 Å². The molecule has 0 spiro atoms. The van der Waals surface area contributed by atoms with Gasteiger partial charge < -0.3 is 9.47 Å². The van der Waals surface area contributed by atoms with Gasteiger partial charge in [-0.3, -0.25) is 0 Å². The van der Waals surface area contributed by atoms with Crippen LogP contribution in [0.5, 0.6) is 5.75 Å². The fraction of sp³-hybridized carbons (Fsp3) is 0.538. The van der Waals surface area contributed by atoms with Crippen LogP contribution in [0.2, 0.25) is 0 Å². The molecule has 82 valence electrons. The molecule has 1 heterocycles. The number of aryl methyl sites for hydroxylation is 2. The lowest BCUT2D eigenvalue weighted by Crippen LogP contribution is -2.10. The molecular formula is C13H18O2. The van der Waals surface area contributed by atoms with E-state index in [2.05, 4.69) is 18.2 Å². The van der Waals surface area contributed by atoms with Crippen LogP contribution in [-0.2, 0) is 17.6 Å².